The first-order valence-electron chi connectivity index (χ1n) is 9.78. The Balaban J connectivity index is 1.84. The number of rotatable bonds is 6. The number of nitrogens with zero attached hydrogens (tertiary/aromatic N) is 1. The van der Waals surface area contributed by atoms with Crippen LogP contribution in [-0.4, -0.2) is 30.9 Å². The van der Waals surface area contributed by atoms with Gasteiger partial charge in [0, 0.05) is 23.7 Å². The van der Waals surface area contributed by atoms with Gasteiger partial charge >= 0.3 is 0 Å². The van der Waals surface area contributed by atoms with Crippen molar-refractivity contribution in [3.05, 3.63) is 83.3 Å². The number of hydrogen-bond acceptors (Lipinski definition) is 6. The molecule has 6 nitrogen and oxygen atoms in total. The number of aromatic hydroxyl groups is 1. The van der Waals surface area contributed by atoms with Crippen LogP contribution in [0.1, 0.15) is 24.1 Å². The lowest BCUT2D eigenvalue weighted by Crippen LogP contribution is -2.32. The Morgan fingerprint density at radius 3 is 2.70 bits per heavy atom. The van der Waals surface area contributed by atoms with Crippen LogP contribution in [0, 0.1) is 0 Å². The minimum atomic E-state index is -0.333. The molecule has 1 atom stereocenters. The second kappa shape index (κ2) is 8.37. The number of pyridine rings is 1. The van der Waals surface area contributed by atoms with Gasteiger partial charge in [-0.3, -0.25) is 4.98 Å². The average Bonchev–Trinajstić information content (AvgIpc) is 2.78. The molecule has 1 aliphatic rings. The molecule has 30 heavy (non-hydrogen) atoms. The highest BCUT2D eigenvalue weighted by atomic mass is 16.5. The number of dihydropyridines is 1. The van der Waals surface area contributed by atoms with Crippen LogP contribution in [0.25, 0.3) is 10.9 Å². The Morgan fingerprint density at radius 1 is 1.10 bits per heavy atom. The van der Waals surface area contributed by atoms with Gasteiger partial charge < -0.3 is 25.2 Å². The van der Waals surface area contributed by atoms with Gasteiger partial charge in [0.05, 0.1) is 26.1 Å². The van der Waals surface area contributed by atoms with E-state index in [0.29, 0.717) is 17.0 Å². The summed E-state index contributed by atoms with van der Waals surface area (Å²) in [6.45, 7) is 2.81. The van der Waals surface area contributed by atoms with Crippen LogP contribution in [0.5, 0.6) is 17.2 Å². The Labute approximate surface area is 175 Å². The normalized spacial score (nSPS) is 14.4. The smallest absolute Gasteiger partial charge is 0.161 e. The van der Waals surface area contributed by atoms with E-state index in [2.05, 4.69) is 28.6 Å². The van der Waals surface area contributed by atoms with E-state index in [1.165, 1.54) is 5.57 Å². The van der Waals surface area contributed by atoms with E-state index in [0.717, 1.165) is 28.9 Å². The molecule has 3 aromatic rings. The molecule has 0 bridgehead atoms. The molecule has 0 spiro atoms. The second-order valence-corrected chi connectivity index (χ2v) is 7.16. The number of hydrogen-bond donors (Lipinski definition) is 3. The average molecular weight is 403 g/mol. The van der Waals surface area contributed by atoms with Gasteiger partial charge in [-0.1, -0.05) is 30.3 Å². The third kappa shape index (κ3) is 3.76. The van der Waals surface area contributed by atoms with Gasteiger partial charge in [0.2, 0.25) is 0 Å². The molecule has 6 heteroatoms. The Hall–Kier alpha value is -3.67. The summed E-state index contributed by atoms with van der Waals surface area (Å²) in [6, 6.07) is 13.1. The predicted octanol–water partition coefficient (Wildman–Crippen LogP) is 4.03. The predicted molar refractivity (Wildman–Crippen MR) is 118 cm³/mol. The fourth-order valence-corrected chi connectivity index (χ4v) is 3.66. The molecule has 1 unspecified atom stereocenters. The Kier molecular flexibility index (Phi) is 5.48. The van der Waals surface area contributed by atoms with Gasteiger partial charge in [-0.05, 0) is 42.3 Å². The van der Waals surface area contributed by atoms with E-state index in [-0.39, 0.29) is 11.8 Å². The minimum Gasteiger partial charge on any atom is -0.505 e. The summed E-state index contributed by atoms with van der Waals surface area (Å²) in [7, 11) is 3.22. The molecule has 4 rings (SSSR count). The van der Waals surface area contributed by atoms with Crippen molar-refractivity contribution in [3.8, 4) is 17.2 Å². The van der Waals surface area contributed by atoms with Crippen LogP contribution in [0.3, 0.4) is 0 Å². The van der Waals surface area contributed by atoms with Crippen LogP contribution < -0.4 is 20.1 Å². The number of fused-ring (bicyclic) bond motifs is 1. The lowest BCUT2D eigenvalue weighted by atomic mass is 9.95. The highest BCUT2D eigenvalue weighted by molar-refractivity contribution is 5.85. The van der Waals surface area contributed by atoms with E-state index in [9.17, 15) is 5.11 Å². The summed E-state index contributed by atoms with van der Waals surface area (Å²) in [5, 5.41) is 18.9. The summed E-state index contributed by atoms with van der Waals surface area (Å²) >= 11 is 0. The first kappa shape index (κ1) is 19.6. The summed E-state index contributed by atoms with van der Waals surface area (Å²) in [5.41, 5.74) is 3.40. The molecule has 3 N–H and O–H groups in total. The molecule has 1 aliphatic heterocycles. The topological polar surface area (TPSA) is 75.6 Å². The molecule has 0 aliphatic carbocycles. The molecular formula is C24H25N3O3. The van der Waals surface area contributed by atoms with Crippen molar-refractivity contribution in [2.24, 2.45) is 0 Å². The van der Waals surface area contributed by atoms with Gasteiger partial charge in [-0.15, -0.1) is 0 Å². The molecular weight excluding hydrogens is 378 g/mol. The monoisotopic (exact) mass is 403 g/mol. The van der Waals surface area contributed by atoms with Crippen LogP contribution in [0.4, 0.5) is 0 Å². The maximum atomic E-state index is 11.1. The van der Waals surface area contributed by atoms with Crippen molar-refractivity contribution in [3.63, 3.8) is 0 Å². The van der Waals surface area contributed by atoms with E-state index < -0.39 is 0 Å². The van der Waals surface area contributed by atoms with Gasteiger partial charge in [0.1, 0.15) is 11.3 Å². The number of benzene rings is 2. The molecule has 0 saturated carbocycles. The maximum absolute atomic E-state index is 11.1. The van der Waals surface area contributed by atoms with E-state index >= 15 is 0 Å². The Morgan fingerprint density at radius 2 is 1.93 bits per heavy atom. The van der Waals surface area contributed by atoms with Crippen molar-refractivity contribution < 1.29 is 14.6 Å². The Bertz CT molecular complexity index is 1140. The largest absolute Gasteiger partial charge is 0.505 e. The molecule has 2 aromatic carbocycles. The molecule has 154 valence electrons. The SMILES string of the molecule is COc1ccc(C(NC2=CC(C)=CCN2)c2ccc3cccnc3c2O)cc1OC. The first-order chi connectivity index (χ1) is 14.6. The number of phenols is 1. The maximum Gasteiger partial charge on any atom is 0.161 e. The van der Waals surface area contributed by atoms with Gasteiger partial charge in [0.15, 0.2) is 11.5 Å². The van der Waals surface area contributed by atoms with Crippen molar-refractivity contribution >= 4 is 10.9 Å². The fraction of sp³-hybridized carbons (Fsp3) is 0.208. The highest BCUT2D eigenvalue weighted by Gasteiger charge is 2.22. The quantitative estimate of drug-likeness (QED) is 0.577. The number of ether oxygens (including phenoxy) is 2. The molecule has 0 radical (unpaired) electrons. The molecule has 0 amide bonds. The number of allylic oxidation sites excluding steroid dienone is 2. The molecule has 2 heterocycles. The standard InChI is InChI=1S/C24H25N3O3/c1-15-10-12-25-21(13-15)27-22(17-7-9-19(29-2)20(14-17)30-3)18-8-6-16-5-4-11-26-23(16)24(18)28/h4-11,13-14,22,25,27-28H,12H2,1-3H3. The van der Waals surface area contributed by atoms with Gasteiger partial charge in [0.25, 0.3) is 0 Å². The number of phenolic OH excluding ortho intramolecular Hbond substituents is 1. The number of nitrogens with one attached hydrogen (secondary N) is 2. The summed E-state index contributed by atoms with van der Waals surface area (Å²) in [5.74, 6) is 2.32. The minimum absolute atomic E-state index is 0.157. The van der Waals surface area contributed by atoms with Gasteiger partial charge in [-0.2, -0.15) is 0 Å². The molecule has 0 saturated heterocycles. The summed E-state index contributed by atoms with van der Waals surface area (Å²) in [6.07, 6.45) is 5.85. The summed E-state index contributed by atoms with van der Waals surface area (Å²) in [4.78, 5) is 4.38. The fourth-order valence-electron chi connectivity index (χ4n) is 3.66. The van der Waals surface area contributed by atoms with Crippen LogP contribution in [0.2, 0.25) is 0 Å². The van der Waals surface area contributed by atoms with Gasteiger partial charge in [-0.25, -0.2) is 0 Å². The lowest BCUT2D eigenvalue weighted by Gasteiger charge is -2.26. The first-order valence-corrected chi connectivity index (χ1v) is 9.78. The van der Waals surface area contributed by atoms with Crippen LogP contribution in [-0.2, 0) is 0 Å². The summed E-state index contributed by atoms with van der Waals surface area (Å²) < 4.78 is 10.9. The zero-order chi connectivity index (χ0) is 21.1. The zero-order valence-electron chi connectivity index (χ0n) is 17.3. The zero-order valence-corrected chi connectivity index (χ0v) is 17.3. The van der Waals surface area contributed by atoms with Crippen LogP contribution in [0.15, 0.2) is 72.2 Å². The third-order valence-electron chi connectivity index (χ3n) is 5.22. The molecule has 0 fully saturated rings. The van der Waals surface area contributed by atoms with Crippen molar-refractivity contribution in [1.82, 2.24) is 15.6 Å². The number of methoxy groups -OCH3 is 2. The van der Waals surface area contributed by atoms with Crippen molar-refractivity contribution in [1.29, 1.82) is 0 Å². The second-order valence-electron chi connectivity index (χ2n) is 7.16. The lowest BCUT2D eigenvalue weighted by molar-refractivity contribution is 0.354. The van der Waals surface area contributed by atoms with Crippen LogP contribution >= 0.6 is 0 Å². The van der Waals surface area contributed by atoms with E-state index in [1.807, 2.05) is 48.5 Å². The van der Waals surface area contributed by atoms with E-state index in [4.69, 9.17) is 9.47 Å². The van der Waals surface area contributed by atoms with E-state index in [1.54, 1.807) is 20.4 Å². The molecule has 1 aromatic heterocycles. The van der Waals surface area contributed by atoms with Crippen molar-refractivity contribution in [2.75, 3.05) is 20.8 Å². The third-order valence-corrected chi connectivity index (χ3v) is 5.22. The van der Waals surface area contributed by atoms with Crippen molar-refractivity contribution in [2.45, 2.75) is 13.0 Å². The number of aromatic nitrogens is 1. The highest BCUT2D eigenvalue weighted by Crippen LogP contribution is 2.38.